The molecule has 3 heteroatoms. The van der Waals surface area contributed by atoms with Crippen molar-refractivity contribution in [2.24, 2.45) is 11.7 Å². The lowest BCUT2D eigenvalue weighted by Crippen LogP contribution is -2.34. The number of benzene rings is 1. The van der Waals surface area contributed by atoms with Gasteiger partial charge in [-0.2, -0.15) is 0 Å². The molecule has 0 radical (unpaired) electrons. The zero-order valence-electron chi connectivity index (χ0n) is 11.0. The van der Waals surface area contributed by atoms with Crippen LogP contribution in [0.15, 0.2) is 24.3 Å². The van der Waals surface area contributed by atoms with Crippen LogP contribution < -0.4 is 5.73 Å². The Morgan fingerprint density at radius 3 is 2.53 bits per heavy atom. The van der Waals surface area contributed by atoms with Gasteiger partial charge in [0.2, 0.25) is 0 Å². The first-order valence-corrected chi connectivity index (χ1v) is 6.24. The molecule has 17 heavy (non-hydrogen) atoms. The Kier molecular flexibility index (Phi) is 5.59. The number of likely N-dealkylation sites (N-methyl/N-ethyl adjacent to an activating group) is 1. The Morgan fingerprint density at radius 1 is 1.35 bits per heavy atom. The molecular weight excluding hydrogens is 215 g/mol. The van der Waals surface area contributed by atoms with Gasteiger partial charge in [-0.25, -0.2) is 4.39 Å². The summed E-state index contributed by atoms with van der Waals surface area (Å²) in [6.07, 6.45) is 1.12. The van der Waals surface area contributed by atoms with Gasteiger partial charge < -0.3 is 5.73 Å². The van der Waals surface area contributed by atoms with Gasteiger partial charge in [-0.05, 0) is 19.0 Å². The van der Waals surface area contributed by atoms with E-state index in [1.807, 2.05) is 19.2 Å². The van der Waals surface area contributed by atoms with E-state index in [4.69, 9.17) is 5.73 Å². The Bertz CT molecular complexity index is 341. The molecule has 1 rings (SSSR count). The summed E-state index contributed by atoms with van der Waals surface area (Å²) in [6, 6.07) is 6.85. The summed E-state index contributed by atoms with van der Waals surface area (Å²) in [7, 11) is 2.01. The summed E-state index contributed by atoms with van der Waals surface area (Å²) < 4.78 is 13.7. The summed E-state index contributed by atoms with van der Waals surface area (Å²) >= 11 is 0. The molecule has 96 valence electrons. The van der Waals surface area contributed by atoms with Crippen molar-refractivity contribution in [3.05, 3.63) is 35.6 Å². The summed E-state index contributed by atoms with van der Waals surface area (Å²) in [6.45, 7) is 5.74. The summed E-state index contributed by atoms with van der Waals surface area (Å²) in [4.78, 5) is 2.15. The van der Waals surface area contributed by atoms with Crippen molar-refractivity contribution in [3.63, 3.8) is 0 Å². The highest BCUT2D eigenvalue weighted by Crippen LogP contribution is 2.22. The average Bonchev–Trinajstić information content (AvgIpc) is 2.32. The molecule has 0 bridgehead atoms. The molecule has 0 aliphatic rings. The van der Waals surface area contributed by atoms with Crippen LogP contribution in [0.25, 0.3) is 0 Å². The van der Waals surface area contributed by atoms with E-state index in [1.165, 1.54) is 6.07 Å². The van der Waals surface area contributed by atoms with Crippen molar-refractivity contribution in [1.82, 2.24) is 4.90 Å². The van der Waals surface area contributed by atoms with Crippen LogP contribution in [0.5, 0.6) is 0 Å². The second-order valence-corrected chi connectivity index (χ2v) is 4.73. The zero-order chi connectivity index (χ0) is 12.8. The highest BCUT2D eigenvalue weighted by molar-refractivity contribution is 5.21. The van der Waals surface area contributed by atoms with E-state index in [0.29, 0.717) is 18.0 Å². The molecular formula is C14H23FN2. The van der Waals surface area contributed by atoms with Gasteiger partial charge in [0, 0.05) is 24.7 Å². The molecule has 0 aliphatic carbocycles. The number of halogens is 1. The minimum atomic E-state index is -0.168. The third-order valence-electron chi connectivity index (χ3n) is 3.32. The number of nitrogens with zero attached hydrogens (tertiary/aromatic N) is 1. The fourth-order valence-corrected chi connectivity index (χ4v) is 2.04. The quantitative estimate of drug-likeness (QED) is 0.825. The van der Waals surface area contributed by atoms with E-state index >= 15 is 0 Å². The SMILES string of the molecule is CCC(C)CN(C)C(CN)c1ccccc1F. The zero-order valence-corrected chi connectivity index (χ0v) is 11.0. The normalized spacial score (nSPS) is 14.9. The smallest absolute Gasteiger partial charge is 0.128 e. The van der Waals surface area contributed by atoms with E-state index < -0.39 is 0 Å². The van der Waals surface area contributed by atoms with Crippen molar-refractivity contribution in [3.8, 4) is 0 Å². The molecule has 0 fully saturated rings. The van der Waals surface area contributed by atoms with Gasteiger partial charge in [0.1, 0.15) is 5.82 Å². The number of hydrogen-bond donors (Lipinski definition) is 1. The molecule has 0 saturated carbocycles. The average molecular weight is 238 g/mol. The third-order valence-corrected chi connectivity index (χ3v) is 3.32. The monoisotopic (exact) mass is 238 g/mol. The summed E-state index contributed by atoms with van der Waals surface area (Å²) in [5.41, 5.74) is 6.48. The highest BCUT2D eigenvalue weighted by atomic mass is 19.1. The lowest BCUT2D eigenvalue weighted by Gasteiger charge is -2.29. The maximum Gasteiger partial charge on any atom is 0.128 e. The fraction of sp³-hybridized carbons (Fsp3) is 0.571. The van der Waals surface area contributed by atoms with Crippen LogP contribution in [0.2, 0.25) is 0 Å². The molecule has 0 heterocycles. The number of hydrogen-bond acceptors (Lipinski definition) is 2. The van der Waals surface area contributed by atoms with E-state index in [-0.39, 0.29) is 11.9 Å². The number of rotatable bonds is 6. The van der Waals surface area contributed by atoms with Crippen molar-refractivity contribution in [2.75, 3.05) is 20.1 Å². The molecule has 0 saturated heterocycles. The highest BCUT2D eigenvalue weighted by Gasteiger charge is 2.19. The van der Waals surface area contributed by atoms with Gasteiger partial charge in [-0.15, -0.1) is 0 Å². The van der Waals surface area contributed by atoms with Crippen molar-refractivity contribution >= 4 is 0 Å². The molecule has 2 unspecified atom stereocenters. The Balaban J connectivity index is 2.81. The van der Waals surface area contributed by atoms with Gasteiger partial charge in [0.25, 0.3) is 0 Å². The topological polar surface area (TPSA) is 29.3 Å². The standard InChI is InChI=1S/C14H23FN2/c1-4-11(2)10-17(3)14(9-16)12-7-5-6-8-13(12)15/h5-8,11,14H,4,9-10,16H2,1-3H3. The van der Waals surface area contributed by atoms with Gasteiger partial charge in [-0.1, -0.05) is 38.5 Å². The molecule has 1 aromatic rings. The molecule has 0 spiro atoms. The second kappa shape index (κ2) is 6.72. The molecule has 2 N–H and O–H groups in total. The Hall–Kier alpha value is -0.930. The molecule has 1 aromatic carbocycles. The predicted molar refractivity (Wildman–Crippen MR) is 70.3 cm³/mol. The van der Waals surface area contributed by atoms with E-state index in [1.54, 1.807) is 6.07 Å². The lowest BCUT2D eigenvalue weighted by molar-refractivity contribution is 0.211. The van der Waals surface area contributed by atoms with Crippen LogP contribution >= 0.6 is 0 Å². The minimum Gasteiger partial charge on any atom is -0.329 e. The second-order valence-electron chi connectivity index (χ2n) is 4.73. The summed E-state index contributed by atoms with van der Waals surface area (Å²) in [5, 5.41) is 0. The minimum absolute atomic E-state index is 0.0369. The molecule has 2 atom stereocenters. The Labute approximate surface area is 104 Å². The van der Waals surface area contributed by atoms with Crippen LogP contribution in [-0.2, 0) is 0 Å². The molecule has 2 nitrogen and oxygen atoms in total. The van der Waals surface area contributed by atoms with E-state index in [9.17, 15) is 4.39 Å². The van der Waals surface area contributed by atoms with Crippen molar-refractivity contribution < 1.29 is 4.39 Å². The van der Waals surface area contributed by atoms with Gasteiger partial charge in [0.05, 0.1) is 0 Å². The fourth-order valence-electron chi connectivity index (χ4n) is 2.04. The van der Waals surface area contributed by atoms with Crippen LogP contribution in [0.1, 0.15) is 31.9 Å². The van der Waals surface area contributed by atoms with Crippen LogP contribution in [0.4, 0.5) is 4.39 Å². The van der Waals surface area contributed by atoms with E-state index in [2.05, 4.69) is 18.7 Å². The maximum atomic E-state index is 13.7. The number of nitrogens with two attached hydrogens (primary N) is 1. The first-order valence-electron chi connectivity index (χ1n) is 6.24. The molecule has 0 aromatic heterocycles. The van der Waals surface area contributed by atoms with Gasteiger partial charge >= 0.3 is 0 Å². The van der Waals surface area contributed by atoms with Gasteiger partial charge in [-0.3, -0.25) is 4.90 Å². The summed E-state index contributed by atoms with van der Waals surface area (Å²) in [5.74, 6) is 0.430. The van der Waals surface area contributed by atoms with Gasteiger partial charge in [0.15, 0.2) is 0 Å². The molecule has 0 amide bonds. The maximum absolute atomic E-state index is 13.7. The molecule has 0 aliphatic heterocycles. The predicted octanol–water partition coefficient (Wildman–Crippen LogP) is 2.80. The lowest BCUT2D eigenvalue weighted by atomic mass is 10.0. The van der Waals surface area contributed by atoms with Crippen molar-refractivity contribution in [1.29, 1.82) is 0 Å². The van der Waals surface area contributed by atoms with Crippen LogP contribution in [0.3, 0.4) is 0 Å². The largest absolute Gasteiger partial charge is 0.329 e. The Morgan fingerprint density at radius 2 is 2.00 bits per heavy atom. The first-order chi connectivity index (χ1) is 8.10. The van der Waals surface area contributed by atoms with Crippen LogP contribution in [0, 0.1) is 11.7 Å². The van der Waals surface area contributed by atoms with E-state index in [0.717, 1.165) is 13.0 Å². The third kappa shape index (κ3) is 3.79. The van der Waals surface area contributed by atoms with Crippen LogP contribution in [-0.4, -0.2) is 25.0 Å². The van der Waals surface area contributed by atoms with Crippen molar-refractivity contribution in [2.45, 2.75) is 26.3 Å². The first kappa shape index (κ1) is 14.1.